The second kappa shape index (κ2) is 7.54. The number of aliphatic carboxylic acids is 1. The molecule has 0 spiro atoms. The Balaban J connectivity index is 2.51. The van der Waals surface area contributed by atoms with Gasteiger partial charge >= 0.3 is 5.97 Å². The van der Waals surface area contributed by atoms with Gasteiger partial charge in [0, 0.05) is 17.8 Å². The van der Waals surface area contributed by atoms with Gasteiger partial charge in [-0.2, -0.15) is 0 Å². The molecule has 0 bridgehead atoms. The summed E-state index contributed by atoms with van der Waals surface area (Å²) in [5, 5.41) is 12.1. The molecular formula is C15H21NO2. The highest BCUT2D eigenvalue weighted by atomic mass is 16.4. The van der Waals surface area contributed by atoms with E-state index in [2.05, 4.69) is 24.4 Å². The van der Waals surface area contributed by atoms with Gasteiger partial charge in [0.2, 0.25) is 0 Å². The van der Waals surface area contributed by atoms with Crippen LogP contribution < -0.4 is 5.32 Å². The average Bonchev–Trinajstić information content (AvgIpc) is 2.36. The molecule has 0 aliphatic rings. The summed E-state index contributed by atoms with van der Waals surface area (Å²) in [7, 11) is 0. The molecule has 0 radical (unpaired) electrons. The van der Waals surface area contributed by atoms with Crippen LogP contribution in [-0.4, -0.2) is 17.6 Å². The van der Waals surface area contributed by atoms with Crippen molar-refractivity contribution in [2.75, 3.05) is 11.9 Å². The van der Waals surface area contributed by atoms with Gasteiger partial charge in [-0.1, -0.05) is 38.5 Å². The molecule has 0 amide bonds. The second-order valence-electron chi connectivity index (χ2n) is 4.22. The molecule has 1 aromatic carbocycles. The van der Waals surface area contributed by atoms with E-state index in [9.17, 15) is 4.79 Å². The molecule has 0 aromatic heterocycles. The van der Waals surface area contributed by atoms with Crippen LogP contribution >= 0.6 is 0 Å². The number of carboxylic acids is 1. The Morgan fingerprint density at radius 1 is 1.28 bits per heavy atom. The molecule has 3 nitrogen and oxygen atoms in total. The van der Waals surface area contributed by atoms with Crippen molar-refractivity contribution in [3.63, 3.8) is 0 Å². The fraction of sp³-hybridized carbons (Fsp3) is 0.400. The summed E-state index contributed by atoms with van der Waals surface area (Å²) in [6.07, 6.45) is 4.52. The molecule has 1 aromatic rings. The standard InChI is InChI=1S/C15H21NO2/c1-3-5-12-6-8-14(9-7-12)16-11-10-13(4-2)15(17)18/h6-10,16H,3-5,11H2,1-2H3,(H,17,18)/b13-10-. The van der Waals surface area contributed by atoms with Crippen molar-refractivity contribution in [3.8, 4) is 0 Å². The molecule has 3 heteroatoms. The molecular weight excluding hydrogens is 226 g/mol. The highest BCUT2D eigenvalue weighted by Gasteiger charge is 2.02. The van der Waals surface area contributed by atoms with Crippen LogP contribution in [0.5, 0.6) is 0 Å². The van der Waals surface area contributed by atoms with Gasteiger partial charge in [0.15, 0.2) is 0 Å². The normalized spacial score (nSPS) is 11.3. The van der Waals surface area contributed by atoms with Crippen molar-refractivity contribution in [2.45, 2.75) is 33.1 Å². The van der Waals surface area contributed by atoms with Crippen molar-refractivity contribution in [1.29, 1.82) is 0 Å². The van der Waals surface area contributed by atoms with Crippen LogP contribution in [0.4, 0.5) is 5.69 Å². The summed E-state index contributed by atoms with van der Waals surface area (Å²) in [6.45, 7) is 4.55. The maximum Gasteiger partial charge on any atom is 0.331 e. The van der Waals surface area contributed by atoms with Crippen LogP contribution in [0, 0.1) is 0 Å². The summed E-state index contributed by atoms with van der Waals surface area (Å²) in [5.41, 5.74) is 2.80. The number of aryl methyl sites for hydroxylation is 1. The maximum atomic E-state index is 10.8. The summed E-state index contributed by atoms with van der Waals surface area (Å²) < 4.78 is 0. The van der Waals surface area contributed by atoms with Gasteiger partial charge in [0.1, 0.15) is 0 Å². The third kappa shape index (κ3) is 4.62. The lowest BCUT2D eigenvalue weighted by Gasteiger charge is -2.05. The third-order valence-electron chi connectivity index (χ3n) is 2.80. The molecule has 0 fully saturated rings. The number of rotatable bonds is 7. The molecule has 0 atom stereocenters. The molecule has 0 saturated carbocycles. The Kier molecular flexibility index (Phi) is 5.98. The van der Waals surface area contributed by atoms with Gasteiger partial charge in [-0.05, 0) is 30.5 Å². The lowest BCUT2D eigenvalue weighted by molar-refractivity contribution is -0.132. The molecule has 2 N–H and O–H groups in total. The minimum absolute atomic E-state index is 0.449. The third-order valence-corrected chi connectivity index (χ3v) is 2.80. The number of nitrogens with one attached hydrogen (secondary N) is 1. The monoisotopic (exact) mass is 247 g/mol. The first-order valence-electron chi connectivity index (χ1n) is 6.42. The summed E-state index contributed by atoms with van der Waals surface area (Å²) in [5.74, 6) is -0.836. The predicted molar refractivity (Wildman–Crippen MR) is 74.9 cm³/mol. The zero-order valence-corrected chi connectivity index (χ0v) is 11.1. The van der Waals surface area contributed by atoms with E-state index in [1.807, 2.05) is 19.1 Å². The van der Waals surface area contributed by atoms with E-state index < -0.39 is 5.97 Å². The Morgan fingerprint density at radius 2 is 1.94 bits per heavy atom. The summed E-state index contributed by atoms with van der Waals surface area (Å²) >= 11 is 0. The van der Waals surface area contributed by atoms with E-state index in [1.165, 1.54) is 5.56 Å². The van der Waals surface area contributed by atoms with Crippen LogP contribution in [0.3, 0.4) is 0 Å². The van der Waals surface area contributed by atoms with E-state index in [0.29, 0.717) is 18.5 Å². The Labute approximate surface area is 109 Å². The maximum absolute atomic E-state index is 10.8. The van der Waals surface area contributed by atoms with Crippen molar-refractivity contribution in [2.24, 2.45) is 0 Å². The Bertz CT molecular complexity index is 407. The van der Waals surface area contributed by atoms with Gasteiger partial charge in [0.05, 0.1) is 0 Å². The van der Waals surface area contributed by atoms with Crippen LogP contribution in [0.15, 0.2) is 35.9 Å². The minimum atomic E-state index is -0.836. The largest absolute Gasteiger partial charge is 0.478 e. The van der Waals surface area contributed by atoms with Gasteiger partial charge < -0.3 is 10.4 Å². The number of carboxylic acid groups (broad SMARTS) is 1. The lowest BCUT2D eigenvalue weighted by atomic mass is 10.1. The zero-order chi connectivity index (χ0) is 13.4. The minimum Gasteiger partial charge on any atom is -0.478 e. The Morgan fingerprint density at radius 3 is 2.44 bits per heavy atom. The van der Waals surface area contributed by atoms with E-state index in [-0.39, 0.29) is 0 Å². The molecule has 0 aliphatic carbocycles. The fourth-order valence-electron chi connectivity index (χ4n) is 1.75. The number of hydrogen-bond acceptors (Lipinski definition) is 2. The lowest BCUT2D eigenvalue weighted by Crippen LogP contribution is -2.04. The second-order valence-corrected chi connectivity index (χ2v) is 4.22. The van der Waals surface area contributed by atoms with E-state index in [0.717, 1.165) is 18.5 Å². The summed E-state index contributed by atoms with van der Waals surface area (Å²) in [4.78, 5) is 10.8. The highest BCUT2D eigenvalue weighted by molar-refractivity contribution is 5.86. The molecule has 0 saturated heterocycles. The van der Waals surface area contributed by atoms with Crippen LogP contribution in [0.25, 0.3) is 0 Å². The first-order chi connectivity index (χ1) is 8.67. The first-order valence-corrected chi connectivity index (χ1v) is 6.42. The van der Waals surface area contributed by atoms with Crippen molar-refractivity contribution < 1.29 is 9.90 Å². The van der Waals surface area contributed by atoms with Crippen molar-refractivity contribution in [3.05, 3.63) is 41.5 Å². The van der Waals surface area contributed by atoms with Crippen molar-refractivity contribution >= 4 is 11.7 Å². The molecule has 0 aliphatic heterocycles. The van der Waals surface area contributed by atoms with Crippen LogP contribution in [-0.2, 0) is 11.2 Å². The number of anilines is 1. The Hall–Kier alpha value is -1.77. The SMILES string of the molecule is CCCc1ccc(NC/C=C(/CC)C(=O)O)cc1. The number of benzene rings is 1. The number of hydrogen-bond donors (Lipinski definition) is 2. The quantitative estimate of drug-likeness (QED) is 0.725. The number of carbonyl (C=O) groups is 1. The molecule has 0 heterocycles. The smallest absolute Gasteiger partial charge is 0.331 e. The topological polar surface area (TPSA) is 49.3 Å². The molecule has 0 unspecified atom stereocenters. The van der Waals surface area contributed by atoms with Crippen LogP contribution in [0.2, 0.25) is 0 Å². The summed E-state index contributed by atoms with van der Waals surface area (Å²) in [6, 6.07) is 8.28. The van der Waals surface area contributed by atoms with E-state index in [4.69, 9.17) is 5.11 Å². The van der Waals surface area contributed by atoms with Gasteiger partial charge in [0.25, 0.3) is 0 Å². The molecule has 1 rings (SSSR count). The van der Waals surface area contributed by atoms with Crippen molar-refractivity contribution in [1.82, 2.24) is 0 Å². The molecule has 18 heavy (non-hydrogen) atoms. The average molecular weight is 247 g/mol. The van der Waals surface area contributed by atoms with Gasteiger partial charge in [-0.25, -0.2) is 4.79 Å². The zero-order valence-electron chi connectivity index (χ0n) is 11.1. The van der Waals surface area contributed by atoms with Gasteiger partial charge in [-0.15, -0.1) is 0 Å². The first kappa shape index (κ1) is 14.3. The fourth-order valence-corrected chi connectivity index (χ4v) is 1.75. The van der Waals surface area contributed by atoms with E-state index >= 15 is 0 Å². The predicted octanol–water partition coefficient (Wildman–Crippen LogP) is 3.47. The van der Waals surface area contributed by atoms with E-state index in [1.54, 1.807) is 6.08 Å². The van der Waals surface area contributed by atoms with Gasteiger partial charge in [-0.3, -0.25) is 0 Å². The highest BCUT2D eigenvalue weighted by Crippen LogP contribution is 2.11. The van der Waals surface area contributed by atoms with Crippen LogP contribution in [0.1, 0.15) is 32.3 Å². The molecule has 98 valence electrons.